The molecule has 0 bridgehead atoms. The molecule has 0 amide bonds. The molecule has 1 aromatic carbocycles. The predicted molar refractivity (Wildman–Crippen MR) is 84.5 cm³/mol. The lowest BCUT2D eigenvalue weighted by atomic mass is 10.00. The minimum atomic E-state index is 0.398. The number of aryl methyl sites for hydroxylation is 2. The van der Waals surface area contributed by atoms with Crippen LogP contribution in [0.25, 0.3) is 0 Å². The zero-order chi connectivity index (χ0) is 13.9. The smallest absolute Gasteiger partial charge is 0.126 e. The molecule has 20 heavy (non-hydrogen) atoms. The second kappa shape index (κ2) is 5.98. The number of benzene rings is 1. The second-order valence-corrected chi connectivity index (χ2v) is 6.80. The fourth-order valence-electron chi connectivity index (χ4n) is 2.78. The minimum Gasteiger partial charge on any atom is -0.493 e. The maximum atomic E-state index is 5.93. The summed E-state index contributed by atoms with van der Waals surface area (Å²) < 4.78 is 5.93. The maximum absolute atomic E-state index is 5.93. The lowest BCUT2D eigenvalue weighted by Gasteiger charge is -2.19. The Morgan fingerprint density at radius 2 is 2.15 bits per heavy atom. The van der Waals surface area contributed by atoms with Crippen LogP contribution in [0.2, 0.25) is 0 Å². The van der Waals surface area contributed by atoms with Crippen molar-refractivity contribution in [2.75, 3.05) is 6.61 Å². The molecule has 3 rings (SSSR count). The topological polar surface area (TPSA) is 21.3 Å². The van der Waals surface area contributed by atoms with Crippen molar-refractivity contribution in [3.8, 4) is 5.75 Å². The molecule has 0 saturated carbocycles. The number of rotatable bonds is 3. The Morgan fingerprint density at radius 1 is 1.25 bits per heavy atom. The first-order valence-corrected chi connectivity index (χ1v) is 8.06. The lowest BCUT2D eigenvalue weighted by molar-refractivity contribution is 0.313. The second-order valence-electron chi connectivity index (χ2n) is 5.43. The Morgan fingerprint density at radius 3 is 2.95 bits per heavy atom. The highest BCUT2D eigenvalue weighted by Gasteiger charge is 2.20. The van der Waals surface area contributed by atoms with Gasteiger partial charge in [0.05, 0.1) is 6.61 Å². The van der Waals surface area contributed by atoms with Gasteiger partial charge in [-0.15, -0.1) is 11.3 Å². The number of hydrogen-bond donors (Lipinski definition) is 1. The van der Waals surface area contributed by atoms with Crippen LogP contribution in [0.15, 0.2) is 30.3 Å². The summed E-state index contributed by atoms with van der Waals surface area (Å²) in [6.07, 6.45) is 2.25. The van der Waals surface area contributed by atoms with Crippen LogP contribution in [0.5, 0.6) is 5.75 Å². The van der Waals surface area contributed by atoms with Crippen LogP contribution in [-0.2, 0) is 6.54 Å². The van der Waals surface area contributed by atoms with Gasteiger partial charge in [0.25, 0.3) is 0 Å². The SMILES string of the molecule is Cc1ccc(CNC2CCCOc3c(C)cccc32)s1. The Kier molecular flexibility index (Phi) is 4.08. The molecule has 2 nitrogen and oxygen atoms in total. The molecule has 106 valence electrons. The normalized spacial score (nSPS) is 18.2. The van der Waals surface area contributed by atoms with E-state index < -0.39 is 0 Å². The van der Waals surface area contributed by atoms with Crippen molar-refractivity contribution >= 4 is 11.3 Å². The van der Waals surface area contributed by atoms with Gasteiger partial charge in [-0.2, -0.15) is 0 Å². The summed E-state index contributed by atoms with van der Waals surface area (Å²) >= 11 is 1.87. The Hall–Kier alpha value is -1.32. The summed E-state index contributed by atoms with van der Waals surface area (Å²) in [5.41, 5.74) is 2.55. The summed E-state index contributed by atoms with van der Waals surface area (Å²) in [6.45, 7) is 6.06. The first kappa shape index (κ1) is 13.7. The van der Waals surface area contributed by atoms with Crippen LogP contribution in [0.4, 0.5) is 0 Å². The number of nitrogens with one attached hydrogen (secondary N) is 1. The molecule has 1 unspecified atom stereocenters. The molecule has 2 heterocycles. The molecule has 0 fully saturated rings. The van der Waals surface area contributed by atoms with Crippen molar-refractivity contribution in [2.45, 2.75) is 39.3 Å². The van der Waals surface area contributed by atoms with Crippen LogP contribution in [0, 0.1) is 13.8 Å². The molecule has 1 aliphatic rings. The molecule has 2 aromatic rings. The fourth-order valence-corrected chi connectivity index (χ4v) is 3.62. The third-order valence-corrected chi connectivity index (χ3v) is 4.82. The van der Waals surface area contributed by atoms with Gasteiger partial charge in [-0.1, -0.05) is 18.2 Å². The van der Waals surface area contributed by atoms with Crippen LogP contribution < -0.4 is 10.1 Å². The number of para-hydroxylation sites is 1. The van der Waals surface area contributed by atoms with Crippen molar-refractivity contribution in [3.63, 3.8) is 0 Å². The number of fused-ring (bicyclic) bond motifs is 1. The standard InChI is InChI=1S/C17H21NOS/c1-12-5-3-6-15-16(7-4-10-19-17(12)15)18-11-14-9-8-13(2)20-14/h3,5-6,8-9,16,18H,4,7,10-11H2,1-2H3. The van der Waals surface area contributed by atoms with Crippen LogP contribution >= 0.6 is 11.3 Å². The Bertz CT molecular complexity index is 590. The van der Waals surface area contributed by atoms with Crippen molar-refractivity contribution in [1.82, 2.24) is 5.32 Å². The van der Waals surface area contributed by atoms with Crippen molar-refractivity contribution in [3.05, 3.63) is 51.2 Å². The number of thiophene rings is 1. The van der Waals surface area contributed by atoms with Crippen molar-refractivity contribution in [1.29, 1.82) is 0 Å². The Labute approximate surface area is 124 Å². The first-order valence-electron chi connectivity index (χ1n) is 7.25. The maximum Gasteiger partial charge on any atom is 0.126 e. The molecule has 1 aromatic heterocycles. The molecule has 1 aliphatic heterocycles. The van der Waals surface area contributed by atoms with Gasteiger partial charge in [0.15, 0.2) is 0 Å². The van der Waals surface area contributed by atoms with E-state index in [0.29, 0.717) is 6.04 Å². The average Bonchev–Trinajstić information content (AvgIpc) is 2.73. The molecule has 3 heteroatoms. The van der Waals surface area contributed by atoms with E-state index in [2.05, 4.69) is 49.5 Å². The molecule has 0 spiro atoms. The molecule has 1 N–H and O–H groups in total. The van der Waals surface area contributed by atoms with Crippen molar-refractivity contribution < 1.29 is 4.74 Å². The molecule has 0 saturated heterocycles. The minimum absolute atomic E-state index is 0.398. The van der Waals surface area contributed by atoms with Gasteiger partial charge in [0, 0.05) is 27.9 Å². The molecule has 0 radical (unpaired) electrons. The average molecular weight is 287 g/mol. The molecular weight excluding hydrogens is 266 g/mol. The van der Waals surface area contributed by atoms with Gasteiger partial charge in [-0.3, -0.25) is 0 Å². The van der Waals surface area contributed by atoms with E-state index >= 15 is 0 Å². The van der Waals surface area contributed by atoms with Gasteiger partial charge in [0.2, 0.25) is 0 Å². The zero-order valence-electron chi connectivity index (χ0n) is 12.1. The van der Waals surface area contributed by atoms with Crippen LogP contribution in [0.3, 0.4) is 0 Å². The summed E-state index contributed by atoms with van der Waals surface area (Å²) in [4.78, 5) is 2.78. The summed E-state index contributed by atoms with van der Waals surface area (Å²) in [7, 11) is 0. The third kappa shape index (κ3) is 2.89. The van der Waals surface area contributed by atoms with Crippen LogP contribution in [-0.4, -0.2) is 6.61 Å². The van der Waals surface area contributed by atoms with E-state index in [1.54, 1.807) is 0 Å². The molecule has 1 atom stereocenters. The summed E-state index contributed by atoms with van der Waals surface area (Å²) in [6, 6.07) is 11.3. The van der Waals surface area contributed by atoms with Gasteiger partial charge in [-0.05, 0) is 44.4 Å². The van der Waals surface area contributed by atoms with E-state index in [0.717, 1.165) is 31.7 Å². The van der Waals surface area contributed by atoms with Crippen LogP contribution in [0.1, 0.15) is 39.8 Å². The number of hydrogen-bond acceptors (Lipinski definition) is 3. The first-order chi connectivity index (χ1) is 9.74. The Balaban J connectivity index is 1.78. The van der Waals surface area contributed by atoms with E-state index in [4.69, 9.17) is 4.74 Å². The molecule has 0 aliphatic carbocycles. The zero-order valence-corrected chi connectivity index (χ0v) is 12.9. The van der Waals surface area contributed by atoms with Crippen molar-refractivity contribution in [2.24, 2.45) is 0 Å². The van der Waals surface area contributed by atoms with Gasteiger partial charge in [-0.25, -0.2) is 0 Å². The third-order valence-electron chi connectivity index (χ3n) is 3.82. The van der Waals surface area contributed by atoms with E-state index in [1.807, 2.05) is 11.3 Å². The predicted octanol–water partition coefficient (Wildman–Crippen LogP) is 4.37. The molecular formula is C17H21NOS. The largest absolute Gasteiger partial charge is 0.493 e. The van der Waals surface area contributed by atoms with Gasteiger partial charge in [0.1, 0.15) is 5.75 Å². The van der Waals surface area contributed by atoms with E-state index in [9.17, 15) is 0 Å². The van der Waals surface area contributed by atoms with E-state index in [1.165, 1.54) is 20.9 Å². The summed E-state index contributed by atoms with van der Waals surface area (Å²) in [5.74, 6) is 1.09. The highest BCUT2D eigenvalue weighted by molar-refractivity contribution is 7.11. The van der Waals surface area contributed by atoms with Gasteiger partial charge >= 0.3 is 0 Å². The highest BCUT2D eigenvalue weighted by atomic mass is 32.1. The monoisotopic (exact) mass is 287 g/mol. The quantitative estimate of drug-likeness (QED) is 0.905. The summed E-state index contributed by atoms with van der Waals surface area (Å²) in [5, 5.41) is 3.71. The lowest BCUT2D eigenvalue weighted by Crippen LogP contribution is -2.20. The fraction of sp³-hybridized carbons (Fsp3) is 0.412. The van der Waals surface area contributed by atoms with Gasteiger partial charge < -0.3 is 10.1 Å². The van der Waals surface area contributed by atoms with E-state index in [-0.39, 0.29) is 0 Å². The highest BCUT2D eigenvalue weighted by Crippen LogP contribution is 2.34. The number of ether oxygens (including phenoxy) is 1.